The molecule has 1 aliphatic heterocycles. The highest BCUT2D eigenvalue weighted by molar-refractivity contribution is 5.84. The van der Waals surface area contributed by atoms with Crippen LogP contribution in [0.25, 0.3) is 0 Å². The third-order valence-corrected chi connectivity index (χ3v) is 4.55. The van der Waals surface area contributed by atoms with Crippen molar-refractivity contribution in [2.45, 2.75) is 46.1 Å². The van der Waals surface area contributed by atoms with Crippen molar-refractivity contribution in [3.05, 3.63) is 42.7 Å². The van der Waals surface area contributed by atoms with Crippen molar-refractivity contribution >= 4 is 11.8 Å². The average Bonchev–Trinajstić information content (AvgIpc) is 2.60. The number of carbonyl (C=O) groups excluding carboxylic acids is 2. The van der Waals surface area contributed by atoms with Crippen molar-refractivity contribution in [2.24, 2.45) is 11.3 Å². The zero-order valence-electron chi connectivity index (χ0n) is 15.5. The lowest BCUT2D eigenvalue weighted by atomic mass is 9.90. The Balaban J connectivity index is 2.03. The number of amides is 2. The lowest BCUT2D eigenvalue weighted by Crippen LogP contribution is -2.49. The van der Waals surface area contributed by atoms with Crippen LogP contribution >= 0.6 is 0 Å². The summed E-state index contributed by atoms with van der Waals surface area (Å²) < 4.78 is 0. The van der Waals surface area contributed by atoms with Crippen LogP contribution in [-0.4, -0.2) is 34.8 Å². The Kier molecular flexibility index (Phi) is 6.34. The van der Waals surface area contributed by atoms with Crippen LogP contribution in [0, 0.1) is 11.3 Å². The Hall–Kier alpha value is -2.17. The van der Waals surface area contributed by atoms with Crippen LogP contribution in [0.15, 0.2) is 37.2 Å². The minimum atomic E-state index is -0.416. The van der Waals surface area contributed by atoms with E-state index in [2.05, 4.69) is 16.9 Å². The van der Waals surface area contributed by atoms with Crippen molar-refractivity contribution in [3.8, 4) is 0 Å². The minimum Gasteiger partial charge on any atom is -0.349 e. The first-order valence-corrected chi connectivity index (χ1v) is 8.93. The van der Waals surface area contributed by atoms with Gasteiger partial charge < -0.3 is 10.2 Å². The quantitative estimate of drug-likeness (QED) is 0.836. The van der Waals surface area contributed by atoms with Crippen LogP contribution in [0.2, 0.25) is 0 Å². The highest BCUT2D eigenvalue weighted by Gasteiger charge is 2.33. The van der Waals surface area contributed by atoms with Gasteiger partial charge in [0, 0.05) is 30.9 Å². The Labute approximate surface area is 150 Å². The molecule has 1 saturated heterocycles. The van der Waals surface area contributed by atoms with Crippen LogP contribution in [0.4, 0.5) is 0 Å². The van der Waals surface area contributed by atoms with E-state index in [4.69, 9.17) is 0 Å². The molecule has 0 saturated carbocycles. The normalized spacial score (nSPS) is 19.2. The van der Waals surface area contributed by atoms with Gasteiger partial charge in [0.15, 0.2) is 0 Å². The average molecular weight is 343 g/mol. The van der Waals surface area contributed by atoms with E-state index in [-0.39, 0.29) is 23.8 Å². The van der Waals surface area contributed by atoms with Gasteiger partial charge in [0.2, 0.25) is 11.8 Å². The highest BCUT2D eigenvalue weighted by Crippen LogP contribution is 2.25. The first-order chi connectivity index (χ1) is 11.8. The summed E-state index contributed by atoms with van der Waals surface area (Å²) in [6.45, 7) is 10.8. The topological polar surface area (TPSA) is 62.3 Å². The van der Waals surface area contributed by atoms with Crippen LogP contribution in [0.1, 0.15) is 51.6 Å². The van der Waals surface area contributed by atoms with Gasteiger partial charge in [0.25, 0.3) is 0 Å². The molecule has 5 heteroatoms. The molecule has 0 bridgehead atoms. The molecule has 2 amide bonds. The molecule has 0 unspecified atom stereocenters. The maximum atomic E-state index is 12.8. The van der Waals surface area contributed by atoms with E-state index in [0.29, 0.717) is 13.0 Å². The van der Waals surface area contributed by atoms with Gasteiger partial charge in [-0.1, -0.05) is 26.8 Å². The van der Waals surface area contributed by atoms with Gasteiger partial charge in [-0.3, -0.25) is 14.6 Å². The van der Waals surface area contributed by atoms with Gasteiger partial charge in [-0.25, -0.2) is 0 Å². The fourth-order valence-electron chi connectivity index (χ4n) is 3.18. The van der Waals surface area contributed by atoms with E-state index in [1.165, 1.54) is 0 Å². The molecule has 0 radical (unpaired) electrons. The number of hydrogen-bond acceptors (Lipinski definition) is 3. The summed E-state index contributed by atoms with van der Waals surface area (Å²) in [4.78, 5) is 31.1. The number of likely N-dealkylation sites (tertiary alicyclic amines) is 1. The number of nitrogens with zero attached hydrogens (tertiary/aromatic N) is 2. The molecule has 1 aromatic heterocycles. The van der Waals surface area contributed by atoms with Crippen LogP contribution < -0.4 is 5.32 Å². The second-order valence-electron chi connectivity index (χ2n) is 7.71. The zero-order chi connectivity index (χ0) is 18.4. The summed E-state index contributed by atoms with van der Waals surface area (Å²) in [5.74, 6) is -0.0361. The molecule has 0 aliphatic carbocycles. The second-order valence-corrected chi connectivity index (χ2v) is 7.71. The van der Waals surface area contributed by atoms with Gasteiger partial charge in [0.1, 0.15) is 0 Å². The molecule has 1 aromatic rings. The molecule has 5 nitrogen and oxygen atoms in total. The van der Waals surface area contributed by atoms with Gasteiger partial charge in [0.05, 0.1) is 12.0 Å². The summed E-state index contributed by atoms with van der Waals surface area (Å²) in [7, 11) is 0. The molecular weight excluding hydrogens is 314 g/mol. The molecule has 2 atom stereocenters. The van der Waals surface area contributed by atoms with Crippen molar-refractivity contribution in [3.63, 3.8) is 0 Å². The molecule has 2 heterocycles. The van der Waals surface area contributed by atoms with Crippen molar-refractivity contribution in [1.29, 1.82) is 0 Å². The van der Waals surface area contributed by atoms with E-state index < -0.39 is 5.41 Å². The first kappa shape index (κ1) is 19.2. The minimum absolute atomic E-state index is 0.00933. The monoisotopic (exact) mass is 343 g/mol. The number of rotatable bonds is 5. The Morgan fingerprint density at radius 1 is 1.40 bits per heavy atom. The molecule has 0 aromatic carbocycles. The van der Waals surface area contributed by atoms with E-state index in [0.717, 1.165) is 24.9 Å². The number of piperidine rings is 1. The van der Waals surface area contributed by atoms with Crippen molar-refractivity contribution < 1.29 is 9.59 Å². The molecule has 1 fully saturated rings. The van der Waals surface area contributed by atoms with Gasteiger partial charge in [-0.05, 0) is 37.0 Å². The SMILES string of the molecule is C=CC[C@H](NC(=O)[C@H]1CCCN(C(=O)C(C)(C)C)C1)c1ccncc1. The molecule has 1 N–H and O–H groups in total. The van der Waals surface area contributed by atoms with E-state index >= 15 is 0 Å². The zero-order valence-corrected chi connectivity index (χ0v) is 15.5. The molecule has 2 rings (SSSR count). The van der Waals surface area contributed by atoms with Crippen LogP contribution in [0.3, 0.4) is 0 Å². The summed E-state index contributed by atoms with van der Waals surface area (Å²) in [6, 6.07) is 3.71. The highest BCUT2D eigenvalue weighted by atomic mass is 16.2. The molecule has 1 aliphatic rings. The molecule has 25 heavy (non-hydrogen) atoms. The first-order valence-electron chi connectivity index (χ1n) is 8.93. The largest absolute Gasteiger partial charge is 0.349 e. The maximum absolute atomic E-state index is 12.8. The van der Waals surface area contributed by atoms with Gasteiger partial charge in [-0.15, -0.1) is 6.58 Å². The Morgan fingerprint density at radius 3 is 2.68 bits per heavy atom. The Morgan fingerprint density at radius 2 is 2.08 bits per heavy atom. The standard InChI is InChI=1S/C20H29N3O2/c1-5-7-17(15-9-11-21-12-10-15)22-18(24)16-8-6-13-23(14-16)19(25)20(2,3)4/h5,9-12,16-17H,1,6-8,13-14H2,2-4H3,(H,22,24)/t16-,17-/m0/s1. The van der Waals surface area contributed by atoms with E-state index in [1.54, 1.807) is 12.4 Å². The second kappa shape index (κ2) is 8.28. The lowest BCUT2D eigenvalue weighted by molar-refractivity contribution is -0.142. The van der Waals surface area contributed by atoms with E-state index in [9.17, 15) is 9.59 Å². The summed E-state index contributed by atoms with van der Waals surface area (Å²) in [5.41, 5.74) is 0.600. The van der Waals surface area contributed by atoms with E-state index in [1.807, 2.05) is 43.9 Å². The van der Waals surface area contributed by atoms with Gasteiger partial charge >= 0.3 is 0 Å². The van der Waals surface area contributed by atoms with Crippen LogP contribution in [0.5, 0.6) is 0 Å². The summed E-state index contributed by atoms with van der Waals surface area (Å²) in [6.07, 6.45) is 7.59. The number of carbonyl (C=O) groups is 2. The van der Waals surface area contributed by atoms with Crippen LogP contribution in [-0.2, 0) is 9.59 Å². The maximum Gasteiger partial charge on any atom is 0.227 e. The molecular formula is C20H29N3O2. The fraction of sp³-hybridized carbons (Fsp3) is 0.550. The predicted octanol–water partition coefficient (Wildman–Crippen LogP) is 3.10. The summed E-state index contributed by atoms with van der Waals surface area (Å²) >= 11 is 0. The number of aromatic nitrogens is 1. The smallest absolute Gasteiger partial charge is 0.227 e. The van der Waals surface area contributed by atoms with Gasteiger partial charge in [-0.2, -0.15) is 0 Å². The Bertz CT molecular complexity index is 607. The number of pyridine rings is 1. The molecule has 0 spiro atoms. The molecule has 136 valence electrons. The summed E-state index contributed by atoms with van der Waals surface area (Å²) in [5, 5.41) is 3.13. The van der Waals surface area contributed by atoms with Crippen molar-refractivity contribution in [1.82, 2.24) is 15.2 Å². The number of hydrogen-bond donors (Lipinski definition) is 1. The third-order valence-electron chi connectivity index (χ3n) is 4.55. The third kappa shape index (κ3) is 5.15. The lowest BCUT2D eigenvalue weighted by Gasteiger charge is -2.36. The van der Waals surface area contributed by atoms with Crippen molar-refractivity contribution in [2.75, 3.05) is 13.1 Å². The number of nitrogens with one attached hydrogen (secondary N) is 1. The predicted molar refractivity (Wildman–Crippen MR) is 98.7 cm³/mol. The fourth-order valence-corrected chi connectivity index (χ4v) is 3.18.